The molecule has 1 aromatic carbocycles. The molecule has 1 heterocycles. The fourth-order valence-corrected chi connectivity index (χ4v) is 2.90. The first kappa shape index (κ1) is 20.5. The molecule has 0 unspecified atom stereocenters. The van der Waals surface area contributed by atoms with E-state index in [2.05, 4.69) is 22.9 Å². The zero-order valence-electron chi connectivity index (χ0n) is 14.8. The third-order valence-electron chi connectivity index (χ3n) is 4.16. The molecule has 0 bridgehead atoms. The topological polar surface area (TPSA) is 70.2 Å². The Morgan fingerprint density at radius 1 is 1.29 bits per heavy atom. The van der Waals surface area contributed by atoms with E-state index in [-0.39, 0.29) is 36.2 Å². The third-order valence-corrected chi connectivity index (χ3v) is 4.16. The highest BCUT2D eigenvalue weighted by Crippen LogP contribution is 2.21. The van der Waals surface area contributed by atoms with Crippen molar-refractivity contribution < 1.29 is 9.59 Å². The molecule has 0 saturated carbocycles. The van der Waals surface area contributed by atoms with Crippen LogP contribution in [0.5, 0.6) is 0 Å². The zero-order chi connectivity index (χ0) is 17.0. The maximum atomic E-state index is 12.4. The highest BCUT2D eigenvalue weighted by molar-refractivity contribution is 5.97. The van der Waals surface area contributed by atoms with Crippen molar-refractivity contribution in [3.8, 4) is 0 Å². The Bertz CT molecular complexity index is 590. The van der Waals surface area contributed by atoms with Crippen molar-refractivity contribution in [2.24, 2.45) is 5.92 Å². The number of benzene rings is 1. The number of anilines is 1. The fourth-order valence-electron chi connectivity index (χ4n) is 2.90. The number of halogens is 1. The first-order valence-corrected chi connectivity index (χ1v) is 8.32. The van der Waals surface area contributed by atoms with E-state index >= 15 is 0 Å². The Hall–Kier alpha value is -1.59. The monoisotopic (exact) mass is 353 g/mol. The van der Waals surface area contributed by atoms with Crippen LogP contribution < -0.4 is 16.0 Å². The molecule has 2 atom stereocenters. The lowest BCUT2D eigenvalue weighted by Crippen LogP contribution is -2.40. The molecule has 0 radical (unpaired) electrons. The largest absolute Gasteiger partial charge is 0.350 e. The van der Waals surface area contributed by atoms with Gasteiger partial charge in [0, 0.05) is 29.3 Å². The Kier molecular flexibility index (Phi) is 7.70. The normalized spacial score (nSPS) is 20.2. The van der Waals surface area contributed by atoms with Gasteiger partial charge in [-0.05, 0) is 70.8 Å². The van der Waals surface area contributed by atoms with Crippen molar-refractivity contribution in [3.05, 3.63) is 29.3 Å². The molecule has 1 aromatic rings. The van der Waals surface area contributed by atoms with E-state index in [4.69, 9.17) is 0 Å². The van der Waals surface area contributed by atoms with Gasteiger partial charge in [-0.3, -0.25) is 9.59 Å². The molecule has 24 heavy (non-hydrogen) atoms. The smallest absolute Gasteiger partial charge is 0.251 e. The van der Waals surface area contributed by atoms with E-state index in [0.29, 0.717) is 11.6 Å². The summed E-state index contributed by atoms with van der Waals surface area (Å²) in [5.74, 6) is 0.0311. The van der Waals surface area contributed by atoms with Gasteiger partial charge in [0.1, 0.15) is 0 Å². The predicted octanol–water partition coefficient (Wildman–Crippen LogP) is 2.88. The zero-order valence-corrected chi connectivity index (χ0v) is 15.6. The number of hydrogen-bond acceptors (Lipinski definition) is 3. The average molecular weight is 354 g/mol. The van der Waals surface area contributed by atoms with Crippen LogP contribution in [0, 0.1) is 12.8 Å². The number of aryl methyl sites for hydroxylation is 1. The van der Waals surface area contributed by atoms with Gasteiger partial charge in [-0.1, -0.05) is 0 Å². The standard InChI is InChI=1S/C18H27N3O2.ClH/c1-11(2)20-17(22)14-5-6-16(12(3)9-14)21-18(23)15-7-8-19-13(4)10-15;/h5-6,9,11,13,15,19H,7-8,10H2,1-4H3,(H,20,22)(H,21,23);1H/t13-,15-;/m0./s1. The first-order chi connectivity index (χ1) is 10.9. The van der Waals surface area contributed by atoms with Gasteiger partial charge < -0.3 is 16.0 Å². The van der Waals surface area contributed by atoms with Crippen LogP contribution in [0.4, 0.5) is 5.69 Å². The number of hydrogen-bond donors (Lipinski definition) is 3. The number of carbonyl (C=O) groups excluding carboxylic acids is 2. The summed E-state index contributed by atoms with van der Waals surface area (Å²) in [6, 6.07) is 5.86. The maximum Gasteiger partial charge on any atom is 0.251 e. The van der Waals surface area contributed by atoms with Crippen LogP contribution in [-0.4, -0.2) is 30.4 Å². The molecule has 1 fully saturated rings. The molecule has 5 nitrogen and oxygen atoms in total. The second kappa shape index (κ2) is 9.04. The van der Waals surface area contributed by atoms with Crippen LogP contribution in [0.2, 0.25) is 0 Å². The quantitative estimate of drug-likeness (QED) is 0.779. The lowest BCUT2D eigenvalue weighted by atomic mass is 9.92. The Balaban J connectivity index is 0.00000288. The van der Waals surface area contributed by atoms with Gasteiger partial charge in [-0.2, -0.15) is 0 Å². The number of carbonyl (C=O) groups is 2. The highest BCUT2D eigenvalue weighted by Gasteiger charge is 2.25. The molecule has 3 N–H and O–H groups in total. The molecule has 1 aliphatic rings. The number of rotatable bonds is 4. The minimum absolute atomic E-state index is 0. The molecular weight excluding hydrogens is 326 g/mol. The average Bonchev–Trinajstić information content (AvgIpc) is 2.48. The van der Waals surface area contributed by atoms with Crippen LogP contribution in [-0.2, 0) is 4.79 Å². The Labute approximate surface area is 150 Å². The van der Waals surface area contributed by atoms with E-state index in [1.165, 1.54) is 0 Å². The molecule has 1 saturated heterocycles. The van der Waals surface area contributed by atoms with Gasteiger partial charge in [-0.25, -0.2) is 0 Å². The van der Waals surface area contributed by atoms with Crippen LogP contribution in [0.1, 0.15) is 49.5 Å². The van der Waals surface area contributed by atoms with Crippen molar-refractivity contribution in [1.82, 2.24) is 10.6 Å². The van der Waals surface area contributed by atoms with Crippen LogP contribution in [0.25, 0.3) is 0 Å². The predicted molar refractivity (Wildman–Crippen MR) is 99.8 cm³/mol. The van der Waals surface area contributed by atoms with E-state index in [0.717, 1.165) is 30.6 Å². The summed E-state index contributed by atoms with van der Waals surface area (Å²) < 4.78 is 0. The molecule has 2 amide bonds. The Morgan fingerprint density at radius 3 is 2.58 bits per heavy atom. The van der Waals surface area contributed by atoms with Crippen molar-refractivity contribution in [2.45, 2.75) is 52.6 Å². The van der Waals surface area contributed by atoms with Crippen molar-refractivity contribution >= 4 is 29.9 Å². The summed E-state index contributed by atoms with van der Waals surface area (Å²) in [5, 5.41) is 9.23. The van der Waals surface area contributed by atoms with E-state index in [1.807, 2.05) is 32.9 Å². The lowest BCUT2D eigenvalue weighted by Gasteiger charge is -2.27. The molecule has 134 valence electrons. The van der Waals surface area contributed by atoms with Crippen LogP contribution >= 0.6 is 12.4 Å². The fraction of sp³-hybridized carbons (Fsp3) is 0.556. The van der Waals surface area contributed by atoms with Gasteiger partial charge in [0.25, 0.3) is 5.91 Å². The van der Waals surface area contributed by atoms with E-state index in [1.54, 1.807) is 6.07 Å². The second-order valence-electron chi connectivity index (χ2n) is 6.72. The van der Waals surface area contributed by atoms with Crippen molar-refractivity contribution in [1.29, 1.82) is 0 Å². The summed E-state index contributed by atoms with van der Waals surface area (Å²) in [4.78, 5) is 24.4. The molecule has 2 rings (SSSR count). The SMILES string of the molecule is Cc1cc(C(=O)NC(C)C)ccc1NC(=O)[C@H]1CCN[C@@H](C)C1.Cl. The highest BCUT2D eigenvalue weighted by atomic mass is 35.5. The van der Waals surface area contributed by atoms with Gasteiger partial charge >= 0.3 is 0 Å². The second-order valence-corrected chi connectivity index (χ2v) is 6.72. The molecule has 6 heteroatoms. The summed E-state index contributed by atoms with van der Waals surface area (Å²) in [7, 11) is 0. The van der Waals surface area contributed by atoms with Crippen LogP contribution in [0.15, 0.2) is 18.2 Å². The van der Waals surface area contributed by atoms with Gasteiger partial charge in [0.05, 0.1) is 0 Å². The van der Waals surface area contributed by atoms with Crippen molar-refractivity contribution in [3.63, 3.8) is 0 Å². The van der Waals surface area contributed by atoms with Gasteiger partial charge in [-0.15, -0.1) is 12.4 Å². The summed E-state index contributed by atoms with van der Waals surface area (Å²) in [5.41, 5.74) is 2.30. The summed E-state index contributed by atoms with van der Waals surface area (Å²) in [6.45, 7) is 8.75. The minimum atomic E-state index is -0.0897. The summed E-state index contributed by atoms with van der Waals surface area (Å²) >= 11 is 0. The minimum Gasteiger partial charge on any atom is -0.350 e. The van der Waals surface area contributed by atoms with E-state index in [9.17, 15) is 9.59 Å². The number of nitrogens with one attached hydrogen (secondary N) is 3. The van der Waals surface area contributed by atoms with Crippen molar-refractivity contribution in [2.75, 3.05) is 11.9 Å². The maximum absolute atomic E-state index is 12.4. The number of amides is 2. The Morgan fingerprint density at radius 2 is 2.00 bits per heavy atom. The summed E-state index contributed by atoms with van der Waals surface area (Å²) in [6.07, 6.45) is 1.73. The van der Waals surface area contributed by atoms with Crippen LogP contribution in [0.3, 0.4) is 0 Å². The molecule has 1 aliphatic heterocycles. The lowest BCUT2D eigenvalue weighted by molar-refractivity contribution is -0.120. The number of piperidine rings is 1. The molecule has 0 aliphatic carbocycles. The van der Waals surface area contributed by atoms with E-state index < -0.39 is 0 Å². The molecule has 0 aromatic heterocycles. The first-order valence-electron chi connectivity index (χ1n) is 8.32. The third kappa shape index (κ3) is 5.49. The molecule has 0 spiro atoms. The van der Waals surface area contributed by atoms with Gasteiger partial charge in [0.2, 0.25) is 5.91 Å². The molecular formula is C18H28ClN3O2. The van der Waals surface area contributed by atoms with Gasteiger partial charge in [0.15, 0.2) is 0 Å².